The van der Waals surface area contributed by atoms with Crippen molar-refractivity contribution >= 4 is 10.8 Å². The third-order valence-corrected chi connectivity index (χ3v) is 4.60. The molecule has 0 atom stereocenters. The van der Waals surface area contributed by atoms with Gasteiger partial charge >= 0.3 is 0 Å². The molecule has 122 valence electrons. The summed E-state index contributed by atoms with van der Waals surface area (Å²) in [4.78, 5) is 29.6. The molecule has 0 spiro atoms. The van der Waals surface area contributed by atoms with Crippen LogP contribution in [0.1, 0.15) is 22.7 Å². The zero-order valence-corrected chi connectivity index (χ0v) is 13.5. The van der Waals surface area contributed by atoms with E-state index in [0.717, 1.165) is 16.8 Å². The molecule has 1 aliphatic rings. The Bertz CT molecular complexity index is 1060. The lowest BCUT2D eigenvalue weighted by molar-refractivity contribution is 0.00671. The Labute approximate surface area is 137 Å². The molecule has 1 saturated heterocycles. The van der Waals surface area contributed by atoms with Crippen LogP contribution in [0.4, 0.5) is 0 Å². The van der Waals surface area contributed by atoms with Crippen molar-refractivity contribution in [3.63, 3.8) is 0 Å². The summed E-state index contributed by atoms with van der Waals surface area (Å²) < 4.78 is 6.49. The summed E-state index contributed by atoms with van der Waals surface area (Å²) in [7, 11) is 0. The van der Waals surface area contributed by atoms with Gasteiger partial charge in [-0.15, -0.1) is 0 Å². The predicted octanol–water partition coefficient (Wildman–Crippen LogP) is 1.80. The fourth-order valence-electron chi connectivity index (χ4n) is 2.90. The van der Waals surface area contributed by atoms with E-state index in [2.05, 4.69) is 10.1 Å². The molecule has 6 nitrogen and oxygen atoms in total. The van der Waals surface area contributed by atoms with Crippen molar-refractivity contribution in [3.05, 3.63) is 68.0 Å². The van der Waals surface area contributed by atoms with Crippen LogP contribution in [0.25, 0.3) is 16.5 Å². The van der Waals surface area contributed by atoms with Crippen molar-refractivity contribution in [1.29, 1.82) is 0 Å². The smallest absolute Gasteiger partial charge is 0.277 e. The Kier molecular flexibility index (Phi) is 3.35. The van der Waals surface area contributed by atoms with Crippen molar-refractivity contribution in [2.75, 3.05) is 13.2 Å². The molecule has 0 unspecified atom stereocenters. The maximum Gasteiger partial charge on any atom is 0.277 e. The van der Waals surface area contributed by atoms with E-state index in [9.17, 15) is 9.59 Å². The minimum Gasteiger partial charge on any atom is -0.380 e. The van der Waals surface area contributed by atoms with Gasteiger partial charge in [-0.25, -0.2) is 4.68 Å². The zero-order chi connectivity index (χ0) is 16.8. The maximum atomic E-state index is 12.9. The fraction of sp³-hybridized carbons (Fsp3) is 0.278. The molecule has 1 aliphatic heterocycles. The molecule has 6 heteroatoms. The first-order valence-electron chi connectivity index (χ1n) is 7.85. The van der Waals surface area contributed by atoms with Gasteiger partial charge in [0, 0.05) is 12.1 Å². The van der Waals surface area contributed by atoms with Crippen LogP contribution >= 0.6 is 0 Å². The molecule has 2 aromatic heterocycles. The van der Waals surface area contributed by atoms with Gasteiger partial charge in [-0.2, -0.15) is 0 Å². The molecule has 0 amide bonds. The molecule has 1 fully saturated rings. The molecular weight excluding hydrogens is 306 g/mol. The van der Waals surface area contributed by atoms with Gasteiger partial charge in [0.2, 0.25) is 0 Å². The normalized spacial score (nSPS) is 14.8. The summed E-state index contributed by atoms with van der Waals surface area (Å²) in [5.74, 6) is 0.248. The largest absolute Gasteiger partial charge is 0.380 e. The van der Waals surface area contributed by atoms with Crippen molar-refractivity contribution in [2.24, 2.45) is 0 Å². The Hall–Kier alpha value is -2.73. The highest BCUT2D eigenvalue weighted by Gasteiger charge is 2.22. The highest BCUT2D eigenvalue weighted by Crippen LogP contribution is 2.23. The lowest BCUT2D eigenvalue weighted by atomic mass is 10.0. The summed E-state index contributed by atoms with van der Waals surface area (Å²) in [6.45, 7) is 5.13. The third-order valence-electron chi connectivity index (χ3n) is 4.60. The van der Waals surface area contributed by atoms with Crippen molar-refractivity contribution in [1.82, 2.24) is 14.8 Å². The first-order valence-corrected chi connectivity index (χ1v) is 7.85. The Balaban J connectivity index is 1.94. The van der Waals surface area contributed by atoms with Crippen LogP contribution in [0.2, 0.25) is 0 Å². The molecule has 3 aromatic rings. The van der Waals surface area contributed by atoms with E-state index in [0.29, 0.717) is 29.7 Å². The lowest BCUT2D eigenvalue weighted by Gasteiger charge is -2.25. The first-order chi connectivity index (χ1) is 11.5. The number of H-pyrrole nitrogens is 1. The van der Waals surface area contributed by atoms with Crippen LogP contribution in [-0.2, 0) is 4.74 Å². The summed E-state index contributed by atoms with van der Waals surface area (Å²) >= 11 is 0. The molecule has 1 N–H and O–H groups in total. The minimum atomic E-state index is -0.280. The zero-order valence-electron chi connectivity index (χ0n) is 13.5. The number of hydrogen-bond acceptors (Lipinski definition) is 4. The van der Waals surface area contributed by atoms with Gasteiger partial charge in [0.1, 0.15) is 0 Å². The number of nitrogens with one attached hydrogen (secondary N) is 1. The number of aromatic nitrogens is 3. The lowest BCUT2D eigenvalue weighted by Crippen LogP contribution is -2.30. The summed E-state index contributed by atoms with van der Waals surface area (Å²) in [5.41, 5.74) is 2.92. The van der Waals surface area contributed by atoms with Gasteiger partial charge in [-0.1, -0.05) is 0 Å². The highest BCUT2D eigenvalue weighted by atomic mass is 16.5. The van der Waals surface area contributed by atoms with Crippen LogP contribution in [0.15, 0.2) is 40.1 Å². The number of benzene rings is 1. The van der Waals surface area contributed by atoms with Gasteiger partial charge < -0.3 is 4.74 Å². The highest BCUT2D eigenvalue weighted by molar-refractivity contribution is 5.82. The minimum absolute atomic E-state index is 0.241. The van der Waals surface area contributed by atoms with Crippen LogP contribution in [-0.4, -0.2) is 28.0 Å². The maximum absolute atomic E-state index is 12.9. The summed E-state index contributed by atoms with van der Waals surface area (Å²) in [5, 5.41) is 3.51. The average Bonchev–Trinajstić information content (AvgIpc) is 2.51. The Morgan fingerprint density at radius 3 is 2.50 bits per heavy atom. The molecule has 0 radical (unpaired) electrons. The van der Waals surface area contributed by atoms with Crippen molar-refractivity contribution in [2.45, 2.75) is 19.8 Å². The second-order valence-corrected chi connectivity index (χ2v) is 6.24. The number of aryl methyl sites for hydroxylation is 2. The van der Waals surface area contributed by atoms with E-state index in [4.69, 9.17) is 4.74 Å². The number of ether oxygens (including phenoxy) is 1. The molecule has 24 heavy (non-hydrogen) atoms. The second kappa shape index (κ2) is 5.42. The SMILES string of the molecule is Cc1cc2c(=O)[nH]n(-c3ccnc(C4COC4)c3)c(=O)c2cc1C. The molecule has 1 aromatic carbocycles. The molecule has 4 rings (SSSR count). The van der Waals surface area contributed by atoms with E-state index < -0.39 is 0 Å². The molecule has 0 aliphatic carbocycles. The van der Waals surface area contributed by atoms with Crippen LogP contribution in [0.3, 0.4) is 0 Å². The standard InChI is InChI=1S/C18H17N3O3/c1-10-5-14-15(6-11(10)2)18(23)21(20-17(14)22)13-3-4-19-16(7-13)12-8-24-9-12/h3-7,12H,8-9H2,1-2H3,(H,20,22). The van der Waals surface area contributed by atoms with Gasteiger partial charge in [0.05, 0.1) is 35.4 Å². The van der Waals surface area contributed by atoms with E-state index in [1.54, 1.807) is 24.4 Å². The van der Waals surface area contributed by atoms with Crippen molar-refractivity contribution in [3.8, 4) is 5.69 Å². The van der Waals surface area contributed by atoms with E-state index in [1.165, 1.54) is 4.68 Å². The molecule has 3 heterocycles. The summed E-state index contributed by atoms with van der Waals surface area (Å²) in [6.07, 6.45) is 1.65. The monoisotopic (exact) mass is 323 g/mol. The molecule has 0 saturated carbocycles. The number of fused-ring (bicyclic) bond motifs is 1. The summed E-state index contributed by atoms with van der Waals surface area (Å²) in [6, 6.07) is 7.09. The van der Waals surface area contributed by atoms with Gasteiger partial charge in [-0.05, 0) is 49.2 Å². The topological polar surface area (TPSA) is 77.0 Å². The fourth-order valence-corrected chi connectivity index (χ4v) is 2.90. The van der Waals surface area contributed by atoms with E-state index >= 15 is 0 Å². The number of pyridine rings is 1. The van der Waals surface area contributed by atoms with Crippen molar-refractivity contribution < 1.29 is 4.74 Å². The Morgan fingerprint density at radius 1 is 1.12 bits per heavy atom. The Morgan fingerprint density at radius 2 is 1.83 bits per heavy atom. The second-order valence-electron chi connectivity index (χ2n) is 6.24. The number of rotatable bonds is 2. The number of hydrogen-bond donors (Lipinski definition) is 1. The number of nitrogens with zero attached hydrogens (tertiary/aromatic N) is 2. The van der Waals surface area contributed by atoms with Crippen LogP contribution in [0.5, 0.6) is 0 Å². The average molecular weight is 323 g/mol. The van der Waals surface area contributed by atoms with Crippen LogP contribution in [0, 0.1) is 13.8 Å². The number of aromatic amines is 1. The van der Waals surface area contributed by atoms with E-state index in [-0.39, 0.29) is 17.0 Å². The molecular formula is C18H17N3O3. The van der Waals surface area contributed by atoms with Crippen LogP contribution < -0.4 is 11.1 Å². The predicted molar refractivity (Wildman–Crippen MR) is 91.0 cm³/mol. The first kappa shape index (κ1) is 14.8. The van der Waals surface area contributed by atoms with Gasteiger partial charge in [-0.3, -0.25) is 19.7 Å². The van der Waals surface area contributed by atoms with E-state index in [1.807, 2.05) is 19.9 Å². The molecule has 0 bridgehead atoms. The third kappa shape index (κ3) is 2.27. The van der Waals surface area contributed by atoms with Gasteiger partial charge in [0.15, 0.2) is 0 Å². The quantitative estimate of drug-likeness (QED) is 0.780. The van der Waals surface area contributed by atoms with Gasteiger partial charge in [0.25, 0.3) is 11.1 Å².